The number of rotatable bonds is 7. The van der Waals surface area contributed by atoms with Gasteiger partial charge in [0.2, 0.25) is 11.7 Å². The zero-order valence-electron chi connectivity index (χ0n) is 16.3. The Bertz CT molecular complexity index is 1030. The Morgan fingerprint density at radius 1 is 1.13 bits per heavy atom. The van der Waals surface area contributed by atoms with Gasteiger partial charge in [0, 0.05) is 19.0 Å². The van der Waals surface area contributed by atoms with Crippen LogP contribution >= 0.6 is 11.3 Å². The topological polar surface area (TPSA) is 88.9 Å². The molecule has 2 aromatic heterocycles. The smallest absolute Gasteiger partial charge is 0.291 e. The Kier molecular flexibility index (Phi) is 6.18. The number of thiophene rings is 1. The van der Waals surface area contributed by atoms with Crippen LogP contribution in [0.1, 0.15) is 36.3 Å². The molecule has 4 rings (SSSR count). The summed E-state index contributed by atoms with van der Waals surface area (Å²) in [6.45, 7) is 0.629. The summed E-state index contributed by atoms with van der Waals surface area (Å²) in [7, 11) is 0. The van der Waals surface area contributed by atoms with Crippen molar-refractivity contribution in [3.8, 4) is 16.4 Å². The molecule has 0 bridgehead atoms. The highest BCUT2D eigenvalue weighted by atomic mass is 32.1. The lowest BCUT2D eigenvalue weighted by molar-refractivity contribution is -0.124. The zero-order valence-corrected chi connectivity index (χ0v) is 17.1. The van der Waals surface area contributed by atoms with E-state index in [1.165, 1.54) is 28.2 Å². The molecule has 7 nitrogen and oxygen atoms in total. The Morgan fingerprint density at radius 2 is 1.93 bits per heavy atom. The Morgan fingerprint density at radius 3 is 2.67 bits per heavy atom. The van der Waals surface area contributed by atoms with Crippen molar-refractivity contribution >= 4 is 23.2 Å². The monoisotopic (exact) mass is 427 g/mol. The molecule has 1 saturated carbocycles. The molecule has 1 aliphatic carbocycles. The lowest BCUT2D eigenvalue weighted by Crippen LogP contribution is -2.37. The average molecular weight is 428 g/mol. The van der Waals surface area contributed by atoms with Gasteiger partial charge in [0.1, 0.15) is 5.82 Å². The van der Waals surface area contributed by atoms with E-state index in [0.717, 1.165) is 30.6 Å². The average Bonchev–Trinajstić information content (AvgIpc) is 3.51. The predicted octanol–water partition coefficient (Wildman–Crippen LogP) is 3.17. The van der Waals surface area contributed by atoms with Gasteiger partial charge in [-0.25, -0.2) is 14.1 Å². The largest absolute Gasteiger partial charge is 0.354 e. The van der Waals surface area contributed by atoms with Crippen LogP contribution in [0, 0.1) is 11.7 Å². The van der Waals surface area contributed by atoms with E-state index in [1.54, 1.807) is 12.1 Å². The quantitative estimate of drug-likeness (QED) is 0.567. The van der Waals surface area contributed by atoms with Crippen LogP contribution in [-0.4, -0.2) is 39.7 Å². The normalized spacial score (nSPS) is 14.0. The summed E-state index contributed by atoms with van der Waals surface area (Å²) in [5.74, 6) is -0.241. The number of amides is 2. The van der Waals surface area contributed by atoms with E-state index in [-0.39, 0.29) is 24.2 Å². The van der Waals surface area contributed by atoms with Gasteiger partial charge in [-0.15, -0.1) is 16.4 Å². The number of hydrogen-bond donors (Lipinski definition) is 2. The van der Waals surface area contributed by atoms with Gasteiger partial charge in [-0.05, 0) is 42.5 Å². The minimum absolute atomic E-state index is 0.00946. The molecule has 1 fully saturated rings. The first-order chi connectivity index (χ1) is 14.6. The molecule has 2 amide bonds. The van der Waals surface area contributed by atoms with Crippen LogP contribution < -0.4 is 10.6 Å². The lowest BCUT2D eigenvalue weighted by Gasteiger charge is -2.10. The van der Waals surface area contributed by atoms with Crippen molar-refractivity contribution in [2.24, 2.45) is 5.92 Å². The van der Waals surface area contributed by atoms with E-state index in [1.807, 2.05) is 17.5 Å². The number of hydrogen-bond acceptors (Lipinski definition) is 5. The first-order valence-electron chi connectivity index (χ1n) is 9.94. The van der Waals surface area contributed by atoms with E-state index >= 15 is 0 Å². The van der Waals surface area contributed by atoms with E-state index in [2.05, 4.69) is 20.7 Å². The summed E-state index contributed by atoms with van der Waals surface area (Å²) in [5.41, 5.74) is 0.480. The number of carbonyl (C=O) groups excluding carboxylic acids is 2. The molecule has 30 heavy (non-hydrogen) atoms. The van der Waals surface area contributed by atoms with Crippen molar-refractivity contribution < 1.29 is 14.0 Å². The van der Waals surface area contributed by atoms with Gasteiger partial charge in [-0.3, -0.25) is 9.59 Å². The highest BCUT2D eigenvalue weighted by Gasteiger charge is 2.22. The summed E-state index contributed by atoms with van der Waals surface area (Å²) >= 11 is 1.45. The fourth-order valence-corrected chi connectivity index (χ4v) is 4.23. The maximum absolute atomic E-state index is 13.7. The zero-order chi connectivity index (χ0) is 20.9. The van der Waals surface area contributed by atoms with Gasteiger partial charge >= 0.3 is 0 Å². The predicted molar refractivity (Wildman–Crippen MR) is 112 cm³/mol. The lowest BCUT2D eigenvalue weighted by atomic mass is 10.1. The minimum atomic E-state index is -0.446. The molecule has 156 valence electrons. The van der Waals surface area contributed by atoms with Crippen LogP contribution in [0.5, 0.6) is 0 Å². The molecule has 1 aliphatic rings. The van der Waals surface area contributed by atoms with Crippen LogP contribution in [0.25, 0.3) is 16.4 Å². The maximum Gasteiger partial charge on any atom is 0.291 e. The van der Waals surface area contributed by atoms with E-state index in [4.69, 9.17) is 0 Å². The third-order valence-electron chi connectivity index (χ3n) is 5.04. The molecule has 1 aromatic carbocycles. The number of nitrogens with one attached hydrogen (secondary N) is 2. The highest BCUT2D eigenvalue weighted by Crippen LogP contribution is 2.26. The second-order valence-electron chi connectivity index (χ2n) is 7.16. The second-order valence-corrected chi connectivity index (χ2v) is 8.10. The minimum Gasteiger partial charge on any atom is -0.354 e. The van der Waals surface area contributed by atoms with Gasteiger partial charge in [-0.2, -0.15) is 0 Å². The number of benzene rings is 1. The molecule has 0 saturated heterocycles. The summed E-state index contributed by atoms with van der Waals surface area (Å²) < 4.78 is 15.2. The Hall–Kier alpha value is -3.07. The molecular formula is C21H22FN5O2S. The molecule has 0 unspecified atom stereocenters. The first kappa shape index (κ1) is 20.2. The van der Waals surface area contributed by atoms with Crippen LogP contribution in [0.2, 0.25) is 0 Å². The number of aromatic nitrogens is 3. The first-order valence-corrected chi connectivity index (χ1v) is 10.8. The van der Waals surface area contributed by atoms with Crippen molar-refractivity contribution in [2.75, 3.05) is 13.1 Å². The van der Waals surface area contributed by atoms with Crippen molar-refractivity contribution in [3.05, 3.63) is 53.4 Å². The van der Waals surface area contributed by atoms with Gasteiger partial charge in [0.15, 0.2) is 5.82 Å². The van der Waals surface area contributed by atoms with Crippen LogP contribution in [0.3, 0.4) is 0 Å². The van der Waals surface area contributed by atoms with Crippen molar-refractivity contribution in [2.45, 2.75) is 25.7 Å². The van der Waals surface area contributed by atoms with Gasteiger partial charge in [-0.1, -0.05) is 25.0 Å². The molecule has 0 aliphatic heterocycles. The molecule has 3 aromatic rings. The van der Waals surface area contributed by atoms with Crippen molar-refractivity contribution in [3.63, 3.8) is 0 Å². The number of carbonyl (C=O) groups is 2. The molecule has 2 heterocycles. The second kappa shape index (κ2) is 9.17. The molecule has 0 atom stereocenters. The standard InChI is InChI=1S/C21H22FN5O2S/c22-15-7-3-8-16(13-15)27-19(17-9-4-12-30-17)25-18(26-27)21(29)24-11-10-23-20(28)14-5-1-2-6-14/h3-4,7-9,12-14H,1-2,5-6,10-11H2,(H,23,28)(H,24,29). The molecule has 2 N–H and O–H groups in total. The fraction of sp³-hybridized carbons (Fsp3) is 0.333. The Labute approximate surface area is 177 Å². The third-order valence-corrected chi connectivity index (χ3v) is 5.91. The van der Waals surface area contributed by atoms with Crippen LogP contribution in [0.4, 0.5) is 4.39 Å². The highest BCUT2D eigenvalue weighted by molar-refractivity contribution is 7.13. The van der Waals surface area contributed by atoms with E-state index in [9.17, 15) is 14.0 Å². The van der Waals surface area contributed by atoms with Gasteiger partial charge in [0.05, 0.1) is 10.6 Å². The maximum atomic E-state index is 13.7. The fourth-order valence-electron chi connectivity index (χ4n) is 3.53. The van der Waals surface area contributed by atoms with E-state index in [0.29, 0.717) is 18.1 Å². The molecule has 0 radical (unpaired) electrons. The molecule has 9 heteroatoms. The van der Waals surface area contributed by atoms with Gasteiger partial charge < -0.3 is 10.6 Å². The third kappa shape index (κ3) is 4.56. The summed E-state index contributed by atoms with van der Waals surface area (Å²) in [4.78, 5) is 29.8. The van der Waals surface area contributed by atoms with Crippen LogP contribution in [0.15, 0.2) is 41.8 Å². The number of halogens is 1. The summed E-state index contributed by atoms with van der Waals surface area (Å²) in [6.07, 6.45) is 4.07. The Balaban J connectivity index is 1.44. The molecule has 0 spiro atoms. The SMILES string of the molecule is O=C(NCCNC(=O)C1CCCC1)c1nc(-c2cccs2)n(-c2cccc(F)c2)n1. The van der Waals surface area contributed by atoms with Gasteiger partial charge in [0.25, 0.3) is 5.91 Å². The van der Waals surface area contributed by atoms with E-state index < -0.39 is 11.7 Å². The summed E-state index contributed by atoms with van der Waals surface area (Å²) in [5, 5.41) is 11.8. The van der Waals surface area contributed by atoms with Crippen molar-refractivity contribution in [1.82, 2.24) is 25.4 Å². The summed E-state index contributed by atoms with van der Waals surface area (Å²) in [6, 6.07) is 9.71. The number of nitrogens with zero attached hydrogens (tertiary/aromatic N) is 3. The van der Waals surface area contributed by atoms with Crippen molar-refractivity contribution in [1.29, 1.82) is 0 Å². The molecular weight excluding hydrogens is 405 g/mol. The van der Waals surface area contributed by atoms with Crippen LogP contribution in [-0.2, 0) is 4.79 Å².